The molecule has 2 aromatic carbocycles. The lowest BCUT2D eigenvalue weighted by Gasteiger charge is -2.09. The molecule has 0 saturated heterocycles. The summed E-state index contributed by atoms with van der Waals surface area (Å²) < 4.78 is 19.1. The van der Waals surface area contributed by atoms with E-state index in [4.69, 9.17) is 39.1 Å². The standard InChI is InChI=1S/C14H11Cl2FN2O/c15-10-3-1-9(11(16)6-10)7-20-13-4-2-8(14(18)19)5-12(13)17/h1-6H,7H2,(H3,18,19). The molecule has 0 aliphatic rings. The summed E-state index contributed by atoms with van der Waals surface area (Å²) in [4.78, 5) is 0. The fourth-order valence-electron chi connectivity index (χ4n) is 1.58. The number of hydrogen-bond donors (Lipinski definition) is 2. The molecule has 20 heavy (non-hydrogen) atoms. The van der Waals surface area contributed by atoms with Crippen LogP contribution >= 0.6 is 23.2 Å². The van der Waals surface area contributed by atoms with Gasteiger partial charge < -0.3 is 10.5 Å². The van der Waals surface area contributed by atoms with Gasteiger partial charge in [0.05, 0.1) is 0 Å². The summed E-state index contributed by atoms with van der Waals surface area (Å²) in [6.07, 6.45) is 0. The number of halogens is 3. The maximum absolute atomic E-state index is 13.7. The maximum Gasteiger partial charge on any atom is 0.165 e. The predicted molar refractivity (Wildman–Crippen MR) is 78.2 cm³/mol. The number of benzene rings is 2. The molecule has 0 heterocycles. The zero-order valence-corrected chi connectivity index (χ0v) is 11.8. The Morgan fingerprint density at radius 3 is 2.55 bits per heavy atom. The molecular formula is C14H11Cl2FN2O. The van der Waals surface area contributed by atoms with Gasteiger partial charge in [0.2, 0.25) is 0 Å². The lowest BCUT2D eigenvalue weighted by Crippen LogP contribution is -2.11. The van der Waals surface area contributed by atoms with Crippen molar-refractivity contribution in [3.05, 3.63) is 63.4 Å². The van der Waals surface area contributed by atoms with Crippen LogP contribution in [-0.2, 0) is 6.61 Å². The van der Waals surface area contributed by atoms with Gasteiger partial charge in [0, 0.05) is 21.2 Å². The van der Waals surface area contributed by atoms with Gasteiger partial charge in [0.25, 0.3) is 0 Å². The van der Waals surface area contributed by atoms with Crippen molar-refractivity contribution < 1.29 is 9.13 Å². The molecule has 0 saturated carbocycles. The Hall–Kier alpha value is -1.78. The van der Waals surface area contributed by atoms with Gasteiger partial charge in [-0.2, -0.15) is 0 Å². The minimum Gasteiger partial charge on any atom is -0.486 e. The van der Waals surface area contributed by atoms with E-state index in [1.807, 2.05) is 0 Å². The Kier molecular flexibility index (Phi) is 4.47. The van der Waals surface area contributed by atoms with E-state index in [9.17, 15) is 4.39 Å². The van der Waals surface area contributed by atoms with E-state index in [0.29, 0.717) is 21.2 Å². The van der Waals surface area contributed by atoms with Crippen molar-refractivity contribution in [3.8, 4) is 5.75 Å². The SMILES string of the molecule is N=C(N)c1ccc(OCc2ccc(Cl)cc2Cl)c(F)c1. The smallest absolute Gasteiger partial charge is 0.165 e. The molecule has 6 heteroatoms. The van der Waals surface area contributed by atoms with Crippen LogP contribution in [0.4, 0.5) is 4.39 Å². The Labute approximate surface area is 125 Å². The number of hydrogen-bond acceptors (Lipinski definition) is 2. The van der Waals surface area contributed by atoms with Crippen molar-refractivity contribution in [2.45, 2.75) is 6.61 Å². The third kappa shape index (κ3) is 3.40. The molecule has 104 valence electrons. The molecule has 0 radical (unpaired) electrons. The monoisotopic (exact) mass is 312 g/mol. The van der Waals surface area contributed by atoms with Gasteiger partial charge in [-0.25, -0.2) is 4.39 Å². The van der Waals surface area contributed by atoms with E-state index in [2.05, 4.69) is 0 Å². The summed E-state index contributed by atoms with van der Waals surface area (Å²) in [6, 6.07) is 9.09. The molecule has 0 aliphatic carbocycles. The van der Waals surface area contributed by atoms with Crippen molar-refractivity contribution >= 4 is 29.0 Å². The molecule has 3 nitrogen and oxygen atoms in total. The maximum atomic E-state index is 13.7. The van der Waals surface area contributed by atoms with Crippen LogP contribution in [-0.4, -0.2) is 5.84 Å². The average molecular weight is 313 g/mol. The summed E-state index contributed by atoms with van der Waals surface area (Å²) in [5.74, 6) is -0.708. The molecule has 0 bridgehead atoms. The molecule has 0 amide bonds. The first kappa shape index (κ1) is 14.6. The number of amidine groups is 1. The minimum absolute atomic E-state index is 0.0704. The third-order valence-electron chi connectivity index (χ3n) is 2.64. The normalized spacial score (nSPS) is 10.3. The second kappa shape index (κ2) is 6.11. The highest BCUT2D eigenvalue weighted by Crippen LogP contribution is 2.24. The first-order chi connectivity index (χ1) is 9.47. The van der Waals surface area contributed by atoms with Crippen LogP contribution in [0.5, 0.6) is 5.75 Å². The highest BCUT2D eigenvalue weighted by molar-refractivity contribution is 6.35. The topological polar surface area (TPSA) is 59.1 Å². The fraction of sp³-hybridized carbons (Fsp3) is 0.0714. The van der Waals surface area contributed by atoms with E-state index >= 15 is 0 Å². The van der Waals surface area contributed by atoms with Crippen LogP contribution < -0.4 is 10.5 Å². The zero-order valence-electron chi connectivity index (χ0n) is 10.3. The molecule has 3 N–H and O–H groups in total. The summed E-state index contributed by atoms with van der Waals surface area (Å²) >= 11 is 11.8. The molecule has 0 fully saturated rings. The van der Waals surface area contributed by atoms with Gasteiger partial charge in [-0.1, -0.05) is 29.3 Å². The first-order valence-electron chi connectivity index (χ1n) is 5.68. The van der Waals surface area contributed by atoms with Crippen molar-refractivity contribution in [3.63, 3.8) is 0 Å². The number of nitrogens with two attached hydrogens (primary N) is 1. The van der Waals surface area contributed by atoms with Gasteiger partial charge in [0.15, 0.2) is 11.6 Å². The summed E-state index contributed by atoms with van der Waals surface area (Å²) in [5, 5.41) is 8.21. The summed E-state index contributed by atoms with van der Waals surface area (Å²) in [6.45, 7) is 0.117. The Morgan fingerprint density at radius 1 is 1.20 bits per heavy atom. The first-order valence-corrected chi connectivity index (χ1v) is 6.43. The van der Waals surface area contributed by atoms with Crippen molar-refractivity contribution in [1.82, 2.24) is 0 Å². The zero-order chi connectivity index (χ0) is 14.7. The second-order valence-corrected chi connectivity index (χ2v) is 4.93. The van der Waals surface area contributed by atoms with Gasteiger partial charge in [-0.3, -0.25) is 5.41 Å². The van der Waals surface area contributed by atoms with E-state index in [0.717, 1.165) is 6.07 Å². The highest BCUT2D eigenvalue weighted by atomic mass is 35.5. The van der Waals surface area contributed by atoms with Crippen molar-refractivity contribution in [2.75, 3.05) is 0 Å². The van der Waals surface area contributed by atoms with Crippen LogP contribution in [0.25, 0.3) is 0 Å². The van der Waals surface area contributed by atoms with Gasteiger partial charge >= 0.3 is 0 Å². The van der Waals surface area contributed by atoms with E-state index in [-0.39, 0.29) is 18.2 Å². The fourth-order valence-corrected chi connectivity index (χ4v) is 2.04. The lowest BCUT2D eigenvalue weighted by molar-refractivity contribution is 0.290. The van der Waals surface area contributed by atoms with E-state index in [1.165, 1.54) is 12.1 Å². The molecule has 2 aromatic rings. The molecular weight excluding hydrogens is 302 g/mol. The van der Waals surface area contributed by atoms with Crippen molar-refractivity contribution in [1.29, 1.82) is 5.41 Å². The number of rotatable bonds is 4. The number of ether oxygens (including phenoxy) is 1. The molecule has 0 aromatic heterocycles. The third-order valence-corrected chi connectivity index (χ3v) is 3.23. The average Bonchev–Trinajstić information content (AvgIpc) is 2.38. The largest absolute Gasteiger partial charge is 0.486 e. The van der Waals surface area contributed by atoms with Crippen LogP contribution in [0, 0.1) is 11.2 Å². The van der Waals surface area contributed by atoms with Crippen molar-refractivity contribution in [2.24, 2.45) is 5.73 Å². The second-order valence-electron chi connectivity index (χ2n) is 4.08. The Morgan fingerprint density at radius 2 is 1.95 bits per heavy atom. The number of nitrogen functional groups attached to an aromatic ring is 1. The number of nitrogens with one attached hydrogen (secondary N) is 1. The van der Waals surface area contributed by atoms with E-state index < -0.39 is 5.82 Å². The molecule has 2 rings (SSSR count). The van der Waals surface area contributed by atoms with Crippen LogP contribution in [0.2, 0.25) is 10.0 Å². The highest BCUT2D eigenvalue weighted by Gasteiger charge is 2.08. The molecule has 0 spiro atoms. The van der Waals surface area contributed by atoms with Crippen LogP contribution in [0.1, 0.15) is 11.1 Å². The molecule has 0 unspecified atom stereocenters. The van der Waals surface area contributed by atoms with Crippen LogP contribution in [0.3, 0.4) is 0 Å². The Bertz CT molecular complexity index is 662. The van der Waals surface area contributed by atoms with Gasteiger partial charge in [-0.05, 0) is 30.3 Å². The Balaban J connectivity index is 2.13. The van der Waals surface area contributed by atoms with E-state index in [1.54, 1.807) is 18.2 Å². The summed E-state index contributed by atoms with van der Waals surface area (Å²) in [5.41, 5.74) is 6.28. The predicted octanol–water partition coefficient (Wildman–Crippen LogP) is 4.00. The molecule has 0 aliphatic heterocycles. The lowest BCUT2D eigenvalue weighted by atomic mass is 10.2. The van der Waals surface area contributed by atoms with Crippen LogP contribution in [0.15, 0.2) is 36.4 Å². The van der Waals surface area contributed by atoms with Gasteiger partial charge in [0.1, 0.15) is 12.4 Å². The quantitative estimate of drug-likeness (QED) is 0.662. The van der Waals surface area contributed by atoms with Gasteiger partial charge in [-0.15, -0.1) is 0 Å². The summed E-state index contributed by atoms with van der Waals surface area (Å²) in [7, 11) is 0. The molecule has 0 atom stereocenters. The minimum atomic E-state index is -0.581.